The van der Waals surface area contributed by atoms with Crippen LogP contribution in [0.2, 0.25) is 0 Å². The third-order valence-electron chi connectivity index (χ3n) is 5.57. The average Bonchev–Trinajstić information content (AvgIpc) is 2.91. The first-order valence-corrected chi connectivity index (χ1v) is 11.5. The molecule has 0 saturated carbocycles. The summed E-state index contributed by atoms with van der Waals surface area (Å²) in [6, 6.07) is 15.4. The molecule has 4 rings (SSSR count). The van der Waals surface area contributed by atoms with E-state index in [1.807, 2.05) is 0 Å². The maximum Gasteiger partial charge on any atom is 0.335 e. The Balaban J connectivity index is 1.73. The molecule has 0 unspecified atom stereocenters. The van der Waals surface area contributed by atoms with Crippen molar-refractivity contribution in [3.63, 3.8) is 0 Å². The molecule has 0 fully saturated rings. The van der Waals surface area contributed by atoms with E-state index in [-0.39, 0.29) is 24.6 Å². The topological polar surface area (TPSA) is 132 Å². The fourth-order valence-electron chi connectivity index (χ4n) is 3.47. The molecule has 0 bridgehead atoms. The molecule has 2 heterocycles. The number of carbonyl (C=O) groups is 1. The van der Waals surface area contributed by atoms with Crippen LogP contribution in [0.15, 0.2) is 81.4 Å². The number of H-pyrrole nitrogens is 1. The number of nitrogens with one attached hydrogen (secondary N) is 1. The number of benzene rings is 2. The smallest absolute Gasteiger partial charge is 0.335 e. The summed E-state index contributed by atoms with van der Waals surface area (Å²) in [6.45, 7) is 0.398. The average molecular weight is 523 g/mol. The molecule has 1 atom stereocenters. The monoisotopic (exact) mass is 523 g/mol. The second-order valence-electron chi connectivity index (χ2n) is 8.44. The summed E-state index contributed by atoms with van der Waals surface area (Å²) in [5, 5.41) is 9.24. The lowest BCUT2D eigenvalue weighted by molar-refractivity contribution is -0.141. The third kappa shape index (κ3) is 6.27. The van der Waals surface area contributed by atoms with E-state index in [0.717, 1.165) is 10.8 Å². The van der Waals surface area contributed by atoms with Crippen molar-refractivity contribution in [2.24, 2.45) is 10.9 Å². The minimum absolute atomic E-state index is 0.0140. The van der Waals surface area contributed by atoms with Gasteiger partial charge in [-0.2, -0.15) is 0 Å². The molecule has 0 saturated heterocycles. The lowest BCUT2D eigenvalue weighted by atomic mass is 10.1. The predicted octanol–water partition coefficient (Wildman–Crippen LogP) is 3.14. The number of carboxylic acid groups (broad SMARTS) is 1. The first-order valence-electron chi connectivity index (χ1n) is 11.5. The molecular formula is C26H23F2N5O5. The van der Waals surface area contributed by atoms with Gasteiger partial charge in [-0.1, -0.05) is 31.2 Å². The number of nitrogens with zero attached hydrogens (tertiary/aromatic N) is 4. The normalized spacial score (nSPS) is 12.3. The number of hydrogen-bond donors (Lipinski definition) is 2. The van der Waals surface area contributed by atoms with Gasteiger partial charge in [-0.15, -0.1) is 0 Å². The Hall–Kier alpha value is -4.87. The van der Waals surface area contributed by atoms with Crippen LogP contribution in [0.1, 0.15) is 18.1 Å². The molecule has 0 aliphatic carbocycles. The fraction of sp³-hybridized carbons (Fsp3) is 0.192. The molecule has 0 spiro atoms. The number of halogens is 2. The van der Waals surface area contributed by atoms with Gasteiger partial charge in [0.2, 0.25) is 11.5 Å². The van der Waals surface area contributed by atoms with Crippen LogP contribution in [-0.4, -0.2) is 30.2 Å². The zero-order chi connectivity index (χ0) is 27.2. The van der Waals surface area contributed by atoms with Gasteiger partial charge in [-0.25, -0.2) is 32.9 Å². The molecule has 196 valence electrons. The van der Waals surface area contributed by atoms with Crippen molar-refractivity contribution in [2.75, 3.05) is 0 Å². The minimum Gasteiger partial charge on any atom is -0.481 e. The number of ether oxygens (including phenoxy) is 1. The minimum atomic E-state index is -1.16. The zero-order valence-electron chi connectivity index (χ0n) is 20.2. The first kappa shape index (κ1) is 26.2. The Morgan fingerprint density at radius 3 is 2.34 bits per heavy atom. The van der Waals surface area contributed by atoms with Crippen LogP contribution in [0.4, 0.5) is 14.5 Å². The van der Waals surface area contributed by atoms with Gasteiger partial charge < -0.3 is 9.84 Å². The number of hydrogen-bond acceptors (Lipinski definition) is 6. The molecule has 2 N–H and O–H groups in total. The predicted molar refractivity (Wildman–Crippen MR) is 132 cm³/mol. The van der Waals surface area contributed by atoms with Gasteiger partial charge in [0.05, 0.1) is 24.3 Å². The van der Waals surface area contributed by atoms with Crippen LogP contribution in [0, 0.1) is 11.7 Å². The summed E-state index contributed by atoms with van der Waals surface area (Å²) in [5.74, 6) is -2.05. The summed E-state index contributed by atoms with van der Waals surface area (Å²) < 4.78 is 33.5. The molecule has 4 aromatic rings. The van der Waals surface area contributed by atoms with Crippen molar-refractivity contribution < 1.29 is 23.4 Å². The lowest BCUT2D eigenvalue weighted by Crippen LogP contribution is -2.51. The summed E-state index contributed by atoms with van der Waals surface area (Å²) in [4.78, 5) is 48.1. The fourth-order valence-corrected chi connectivity index (χ4v) is 3.47. The van der Waals surface area contributed by atoms with Crippen LogP contribution in [0.5, 0.6) is 11.6 Å². The van der Waals surface area contributed by atoms with Crippen LogP contribution in [0.25, 0.3) is 0 Å². The van der Waals surface area contributed by atoms with Gasteiger partial charge in [0, 0.05) is 12.6 Å². The molecule has 2 aromatic carbocycles. The van der Waals surface area contributed by atoms with Gasteiger partial charge in [-0.05, 0) is 41.5 Å². The van der Waals surface area contributed by atoms with E-state index in [9.17, 15) is 28.3 Å². The van der Waals surface area contributed by atoms with Gasteiger partial charge in [0.15, 0.2) is 0 Å². The van der Waals surface area contributed by atoms with Crippen LogP contribution < -0.4 is 21.7 Å². The molecule has 2 aromatic heterocycles. The molecule has 0 aliphatic rings. The quantitative estimate of drug-likeness (QED) is 0.347. The van der Waals surface area contributed by atoms with Crippen molar-refractivity contribution in [2.45, 2.75) is 26.7 Å². The summed E-state index contributed by atoms with van der Waals surface area (Å²) in [7, 11) is 0. The Morgan fingerprint density at radius 1 is 1.05 bits per heavy atom. The number of carboxylic acids is 1. The largest absolute Gasteiger partial charge is 0.481 e. The zero-order valence-corrected chi connectivity index (χ0v) is 20.2. The Bertz CT molecular complexity index is 1610. The molecule has 0 radical (unpaired) electrons. The van der Waals surface area contributed by atoms with Gasteiger partial charge in [0.1, 0.15) is 18.2 Å². The number of alkyl halides is 1. The second kappa shape index (κ2) is 11.5. The Labute approximate surface area is 214 Å². The lowest BCUT2D eigenvalue weighted by Gasteiger charge is -2.13. The standard InChI is InChI=1S/C26H23F2N5O5/c1-16(23(34)35)14-33-25(36)31-24(32(26(33)37)15-18-4-2-17(12-27)3-5-18)30-20-7-9-21(10-8-20)38-22-11-6-19(28)13-29-22/h2-11,13,16H,12,14-15H2,1H3,(H,34,35)(H,30,31,36)/t16-/m0/s1. The SMILES string of the molecule is C[C@@H](Cn1c(=O)[nH]/c(=N\c2ccc(Oc3ccc(F)cn3)cc2)n(Cc2ccc(CF)cc2)c1=O)C(=O)O. The van der Waals surface area contributed by atoms with Crippen molar-refractivity contribution in [3.05, 3.63) is 110 Å². The van der Waals surface area contributed by atoms with Gasteiger partial charge >= 0.3 is 17.3 Å². The van der Waals surface area contributed by atoms with Gasteiger partial charge in [0.25, 0.3) is 0 Å². The summed E-state index contributed by atoms with van der Waals surface area (Å²) in [6.07, 6.45) is 1.03. The van der Waals surface area contributed by atoms with Crippen molar-refractivity contribution in [1.29, 1.82) is 0 Å². The number of pyridine rings is 1. The van der Waals surface area contributed by atoms with E-state index in [0.29, 0.717) is 22.6 Å². The summed E-state index contributed by atoms with van der Waals surface area (Å²) >= 11 is 0. The number of aliphatic carboxylic acids is 1. The van der Waals surface area contributed by atoms with E-state index in [1.54, 1.807) is 48.5 Å². The van der Waals surface area contributed by atoms with Crippen LogP contribution >= 0.6 is 0 Å². The van der Waals surface area contributed by atoms with E-state index < -0.39 is 35.8 Å². The maximum absolute atomic E-state index is 13.3. The third-order valence-corrected chi connectivity index (χ3v) is 5.57. The second-order valence-corrected chi connectivity index (χ2v) is 8.44. The first-order chi connectivity index (χ1) is 18.2. The number of rotatable bonds is 9. The van der Waals surface area contributed by atoms with Crippen LogP contribution in [0.3, 0.4) is 0 Å². The highest BCUT2D eigenvalue weighted by atomic mass is 19.1. The highest BCUT2D eigenvalue weighted by Crippen LogP contribution is 2.22. The number of aromatic amines is 1. The molecule has 0 amide bonds. The highest BCUT2D eigenvalue weighted by molar-refractivity contribution is 5.69. The van der Waals surface area contributed by atoms with Crippen molar-refractivity contribution in [3.8, 4) is 11.6 Å². The Morgan fingerprint density at radius 2 is 1.74 bits per heavy atom. The van der Waals surface area contributed by atoms with Crippen LogP contribution in [-0.2, 0) is 24.6 Å². The van der Waals surface area contributed by atoms with E-state index >= 15 is 0 Å². The summed E-state index contributed by atoms with van der Waals surface area (Å²) in [5.41, 5.74) is -0.150. The van der Waals surface area contributed by atoms with Crippen molar-refractivity contribution in [1.82, 2.24) is 19.1 Å². The van der Waals surface area contributed by atoms with E-state index in [1.165, 1.54) is 23.6 Å². The molecular weight excluding hydrogens is 500 g/mol. The highest BCUT2D eigenvalue weighted by Gasteiger charge is 2.17. The van der Waals surface area contributed by atoms with E-state index in [4.69, 9.17) is 4.74 Å². The molecule has 12 heteroatoms. The molecule has 38 heavy (non-hydrogen) atoms. The van der Waals surface area contributed by atoms with E-state index in [2.05, 4.69) is 15.0 Å². The molecule has 0 aliphatic heterocycles. The number of aromatic nitrogens is 4. The van der Waals surface area contributed by atoms with Crippen molar-refractivity contribution >= 4 is 11.7 Å². The maximum atomic E-state index is 13.3. The van der Waals surface area contributed by atoms with Gasteiger partial charge in [-0.3, -0.25) is 14.3 Å². The Kier molecular flexibility index (Phi) is 7.90. The molecule has 10 nitrogen and oxygen atoms in total.